The van der Waals surface area contributed by atoms with Crippen LogP contribution in [0.3, 0.4) is 0 Å². The van der Waals surface area contributed by atoms with Gasteiger partial charge < -0.3 is 5.11 Å². The van der Waals surface area contributed by atoms with Crippen LogP contribution in [0.1, 0.15) is 18.6 Å². The van der Waals surface area contributed by atoms with Crippen LogP contribution in [0, 0.1) is 0 Å². The topological polar surface area (TPSA) is 20.2 Å². The summed E-state index contributed by atoms with van der Waals surface area (Å²) in [5.74, 6) is 0. The van der Waals surface area contributed by atoms with E-state index in [1.165, 1.54) is 4.21 Å². The minimum absolute atomic E-state index is 0.520. The Hall–Kier alpha value is -0.480. The molecule has 2 aromatic rings. The minimum Gasteiger partial charge on any atom is -0.389 e. The Kier molecular flexibility index (Phi) is 3.92. The van der Waals surface area contributed by atoms with Gasteiger partial charge in [-0.15, -0.1) is 11.3 Å². The summed E-state index contributed by atoms with van der Waals surface area (Å²) < 4.78 is 1.24. The molecule has 0 radical (unpaired) electrons. The van der Waals surface area contributed by atoms with Crippen LogP contribution in [0.5, 0.6) is 0 Å². The van der Waals surface area contributed by atoms with Crippen molar-refractivity contribution >= 4 is 34.7 Å². The smallest absolute Gasteiger partial charge is 0.0776 e. The van der Waals surface area contributed by atoms with E-state index >= 15 is 0 Å². The zero-order valence-corrected chi connectivity index (χ0v) is 11.1. The second kappa shape index (κ2) is 5.23. The first kappa shape index (κ1) is 12.0. The molecule has 0 fully saturated rings. The second-order valence-corrected chi connectivity index (χ2v) is 6.12. The fourth-order valence-electron chi connectivity index (χ4n) is 1.35. The Morgan fingerprint density at radius 1 is 1.38 bits per heavy atom. The van der Waals surface area contributed by atoms with Crippen LogP contribution < -0.4 is 0 Å². The van der Waals surface area contributed by atoms with Crippen LogP contribution in [-0.2, 0) is 0 Å². The van der Waals surface area contributed by atoms with E-state index in [1.54, 1.807) is 30.0 Å². The summed E-state index contributed by atoms with van der Waals surface area (Å²) in [7, 11) is 0. The standard InChI is InChI=1S/C12H11ClOS2/c1-8(14)10-5-4-9(7-11(10)13)16-12-3-2-6-15-12/h2-8,14H,1H3. The van der Waals surface area contributed by atoms with E-state index in [0.717, 1.165) is 10.5 Å². The third-order valence-corrected chi connectivity index (χ3v) is 4.49. The number of benzene rings is 1. The van der Waals surface area contributed by atoms with Gasteiger partial charge in [0.2, 0.25) is 0 Å². The highest BCUT2D eigenvalue weighted by Crippen LogP contribution is 2.34. The van der Waals surface area contributed by atoms with Crippen molar-refractivity contribution in [2.24, 2.45) is 0 Å². The first-order chi connectivity index (χ1) is 7.66. The van der Waals surface area contributed by atoms with Gasteiger partial charge in [-0.2, -0.15) is 0 Å². The van der Waals surface area contributed by atoms with Gasteiger partial charge in [0.1, 0.15) is 0 Å². The number of halogens is 1. The molecule has 0 aliphatic carbocycles. The molecule has 0 spiro atoms. The van der Waals surface area contributed by atoms with E-state index in [9.17, 15) is 5.11 Å². The lowest BCUT2D eigenvalue weighted by Crippen LogP contribution is -1.91. The van der Waals surface area contributed by atoms with E-state index in [2.05, 4.69) is 6.07 Å². The summed E-state index contributed by atoms with van der Waals surface area (Å²) >= 11 is 9.48. The minimum atomic E-state index is -0.520. The van der Waals surface area contributed by atoms with Gasteiger partial charge >= 0.3 is 0 Å². The Morgan fingerprint density at radius 3 is 2.75 bits per heavy atom. The number of aliphatic hydroxyl groups excluding tert-OH is 1. The molecule has 0 aliphatic heterocycles. The third-order valence-electron chi connectivity index (χ3n) is 2.14. The second-order valence-electron chi connectivity index (χ2n) is 3.39. The molecule has 16 heavy (non-hydrogen) atoms. The maximum Gasteiger partial charge on any atom is 0.0776 e. The highest BCUT2D eigenvalue weighted by atomic mass is 35.5. The molecule has 1 unspecified atom stereocenters. The van der Waals surface area contributed by atoms with Crippen molar-refractivity contribution in [3.63, 3.8) is 0 Å². The lowest BCUT2D eigenvalue weighted by Gasteiger charge is -2.08. The highest BCUT2D eigenvalue weighted by Gasteiger charge is 2.07. The molecule has 1 nitrogen and oxygen atoms in total. The van der Waals surface area contributed by atoms with Gasteiger partial charge in [-0.25, -0.2) is 0 Å². The summed E-state index contributed by atoms with van der Waals surface area (Å²) in [6.07, 6.45) is -0.520. The van der Waals surface area contributed by atoms with E-state index < -0.39 is 6.10 Å². The molecule has 0 amide bonds. The number of thiophene rings is 1. The quantitative estimate of drug-likeness (QED) is 0.879. The molecule has 1 aromatic heterocycles. The molecule has 1 aromatic carbocycles. The highest BCUT2D eigenvalue weighted by molar-refractivity contribution is 8.01. The van der Waals surface area contributed by atoms with Gasteiger partial charge in [0.15, 0.2) is 0 Å². The van der Waals surface area contributed by atoms with Crippen LogP contribution in [0.2, 0.25) is 5.02 Å². The Balaban J connectivity index is 2.21. The van der Waals surface area contributed by atoms with Crippen molar-refractivity contribution in [3.8, 4) is 0 Å². The van der Waals surface area contributed by atoms with Gasteiger partial charge in [-0.05, 0) is 36.1 Å². The van der Waals surface area contributed by atoms with Crippen molar-refractivity contribution < 1.29 is 5.11 Å². The predicted molar refractivity (Wildman–Crippen MR) is 70.5 cm³/mol. The van der Waals surface area contributed by atoms with E-state index in [4.69, 9.17) is 11.6 Å². The van der Waals surface area contributed by atoms with Gasteiger partial charge in [0.05, 0.1) is 10.3 Å². The van der Waals surface area contributed by atoms with Gasteiger partial charge in [-0.3, -0.25) is 0 Å². The van der Waals surface area contributed by atoms with Crippen molar-refractivity contribution in [2.75, 3.05) is 0 Å². The third kappa shape index (κ3) is 2.80. The van der Waals surface area contributed by atoms with E-state index in [-0.39, 0.29) is 0 Å². The van der Waals surface area contributed by atoms with Crippen molar-refractivity contribution in [3.05, 3.63) is 46.3 Å². The number of aliphatic hydroxyl groups is 1. The van der Waals surface area contributed by atoms with Crippen LogP contribution in [0.25, 0.3) is 0 Å². The summed E-state index contributed by atoms with van der Waals surface area (Å²) in [5, 5.41) is 12.1. The summed E-state index contributed by atoms with van der Waals surface area (Å²) in [6.45, 7) is 1.72. The summed E-state index contributed by atoms with van der Waals surface area (Å²) in [5.41, 5.74) is 0.775. The monoisotopic (exact) mass is 270 g/mol. The molecular formula is C12H11ClOS2. The molecule has 0 aliphatic rings. The normalized spacial score (nSPS) is 12.7. The average molecular weight is 271 g/mol. The fraction of sp³-hybridized carbons (Fsp3) is 0.167. The zero-order chi connectivity index (χ0) is 11.5. The van der Waals surface area contributed by atoms with Crippen molar-refractivity contribution in [1.29, 1.82) is 0 Å². The van der Waals surface area contributed by atoms with Crippen LogP contribution in [-0.4, -0.2) is 5.11 Å². The predicted octanol–water partition coefficient (Wildman–Crippen LogP) is 4.61. The first-order valence-corrected chi connectivity index (χ1v) is 6.93. The van der Waals surface area contributed by atoms with Gasteiger partial charge in [0.25, 0.3) is 0 Å². The Labute approximate surface area is 108 Å². The summed E-state index contributed by atoms with van der Waals surface area (Å²) in [6, 6.07) is 9.86. The molecule has 0 saturated carbocycles. The van der Waals surface area contributed by atoms with Gasteiger partial charge in [-0.1, -0.05) is 35.5 Å². The molecule has 4 heteroatoms. The lowest BCUT2D eigenvalue weighted by molar-refractivity contribution is 0.199. The molecular weight excluding hydrogens is 260 g/mol. The lowest BCUT2D eigenvalue weighted by atomic mass is 10.1. The largest absolute Gasteiger partial charge is 0.389 e. The van der Waals surface area contributed by atoms with Gasteiger partial charge in [0, 0.05) is 9.92 Å². The van der Waals surface area contributed by atoms with Crippen LogP contribution >= 0.6 is 34.7 Å². The molecule has 84 valence electrons. The SMILES string of the molecule is CC(O)c1ccc(Sc2cccs2)cc1Cl. The molecule has 0 saturated heterocycles. The Morgan fingerprint density at radius 2 is 2.19 bits per heavy atom. The first-order valence-electron chi connectivity index (χ1n) is 4.85. The molecule has 1 heterocycles. The van der Waals surface area contributed by atoms with E-state index in [0.29, 0.717) is 5.02 Å². The van der Waals surface area contributed by atoms with Crippen LogP contribution in [0.15, 0.2) is 44.8 Å². The molecule has 2 rings (SSSR count). The summed E-state index contributed by atoms with van der Waals surface area (Å²) in [4.78, 5) is 1.09. The Bertz CT molecular complexity index is 466. The maximum atomic E-state index is 9.46. The molecule has 1 atom stereocenters. The number of rotatable bonds is 3. The van der Waals surface area contributed by atoms with E-state index in [1.807, 2.05) is 29.6 Å². The number of hydrogen-bond donors (Lipinski definition) is 1. The van der Waals surface area contributed by atoms with Crippen molar-refractivity contribution in [1.82, 2.24) is 0 Å². The fourth-order valence-corrected chi connectivity index (χ4v) is 3.54. The average Bonchev–Trinajstić information content (AvgIpc) is 2.70. The van der Waals surface area contributed by atoms with Crippen molar-refractivity contribution in [2.45, 2.75) is 22.1 Å². The zero-order valence-electron chi connectivity index (χ0n) is 8.68. The molecule has 1 N–H and O–H groups in total. The molecule has 0 bridgehead atoms. The maximum absolute atomic E-state index is 9.46. The van der Waals surface area contributed by atoms with Crippen LogP contribution in [0.4, 0.5) is 0 Å². The number of hydrogen-bond acceptors (Lipinski definition) is 3.